The number of nitrogens with one attached hydrogen (secondary N) is 1. The number of nitriles is 1. The van der Waals surface area contributed by atoms with E-state index >= 15 is 0 Å². The van der Waals surface area contributed by atoms with Crippen LogP contribution in [0.3, 0.4) is 0 Å². The predicted octanol–water partition coefficient (Wildman–Crippen LogP) is 3.16. The molecular formula is C15H12BrN3O2. The lowest BCUT2D eigenvalue weighted by Crippen LogP contribution is -2.13. The highest BCUT2D eigenvalue weighted by Gasteiger charge is 2.11. The summed E-state index contributed by atoms with van der Waals surface area (Å²) in [5, 5.41) is 11.7. The number of carbonyl (C=O) groups is 1. The Morgan fingerprint density at radius 2 is 2.10 bits per heavy atom. The van der Waals surface area contributed by atoms with Gasteiger partial charge >= 0.3 is 0 Å². The van der Waals surface area contributed by atoms with Gasteiger partial charge < -0.3 is 15.8 Å². The van der Waals surface area contributed by atoms with Crippen LogP contribution < -0.4 is 15.8 Å². The number of rotatable bonds is 3. The third kappa shape index (κ3) is 3.33. The second-order valence-electron chi connectivity index (χ2n) is 4.21. The Morgan fingerprint density at radius 3 is 2.71 bits per heavy atom. The van der Waals surface area contributed by atoms with E-state index < -0.39 is 0 Å². The quantitative estimate of drug-likeness (QED) is 0.836. The summed E-state index contributed by atoms with van der Waals surface area (Å²) in [5.74, 6) is 0.158. The van der Waals surface area contributed by atoms with Gasteiger partial charge in [0.15, 0.2) is 0 Å². The van der Waals surface area contributed by atoms with Crippen molar-refractivity contribution in [3.05, 3.63) is 52.0 Å². The molecule has 21 heavy (non-hydrogen) atoms. The number of halogens is 1. The van der Waals surface area contributed by atoms with E-state index in [2.05, 4.69) is 21.2 Å². The summed E-state index contributed by atoms with van der Waals surface area (Å²) >= 11 is 3.30. The van der Waals surface area contributed by atoms with E-state index in [4.69, 9.17) is 15.7 Å². The average molecular weight is 346 g/mol. The number of nitrogens with two attached hydrogens (primary N) is 1. The molecular weight excluding hydrogens is 334 g/mol. The number of methoxy groups -OCH3 is 1. The number of carbonyl (C=O) groups excluding carboxylic acids is 1. The van der Waals surface area contributed by atoms with Gasteiger partial charge in [0, 0.05) is 10.0 Å². The molecule has 0 aliphatic heterocycles. The van der Waals surface area contributed by atoms with Crippen molar-refractivity contribution in [2.45, 2.75) is 0 Å². The van der Waals surface area contributed by atoms with E-state index in [1.807, 2.05) is 6.07 Å². The summed E-state index contributed by atoms with van der Waals surface area (Å²) in [5.41, 5.74) is 7.36. The number of ether oxygens (including phenoxy) is 1. The van der Waals surface area contributed by atoms with Gasteiger partial charge in [-0.3, -0.25) is 4.79 Å². The van der Waals surface area contributed by atoms with Crippen LogP contribution in [0, 0.1) is 11.3 Å². The first kappa shape index (κ1) is 14.9. The second-order valence-corrected chi connectivity index (χ2v) is 5.13. The minimum atomic E-state index is -0.348. The Balaban J connectivity index is 2.28. The Morgan fingerprint density at radius 1 is 1.33 bits per heavy atom. The van der Waals surface area contributed by atoms with E-state index in [9.17, 15) is 4.79 Å². The molecule has 2 rings (SSSR count). The topological polar surface area (TPSA) is 88.1 Å². The van der Waals surface area contributed by atoms with E-state index in [1.54, 1.807) is 30.3 Å². The average Bonchev–Trinajstić information content (AvgIpc) is 2.47. The number of anilines is 2. The van der Waals surface area contributed by atoms with Crippen LogP contribution in [0.4, 0.5) is 11.4 Å². The Kier molecular flexibility index (Phi) is 4.45. The van der Waals surface area contributed by atoms with E-state index in [0.29, 0.717) is 28.3 Å². The smallest absolute Gasteiger partial charge is 0.255 e. The van der Waals surface area contributed by atoms with Gasteiger partial charge in [0.25, 0.3) is 5.91 Å². The monoisotopic (exact) mass is 345 g/mol. The molecule has 0 aromatic heterocycles. The molecule has 2 aromatic carbocycles. The number of nitrogen functional groups attached to an aromatic ring is 1. The highest BCUT2D eigenvalue weighted by Crippen LogP contribution is 2.24. The van der Waals surface area contributed by atoms with Crippen LogP contribution in [0.1, 0.15) is 15.9 Å². The third-order valence-corrected chi connectivity index (χ3v) is 3.34. The normalized spacial score (nSPS) is 9.76. The molecule has 0 unspecified atom stereocenters. The van der Waals surface area contributed by atoms with Crippen LogP contribution in [0.5, 0.6) is 5.75 Å². The van der Waals surface area contributed by atoms with Crippen molar-refractivity contribution in [3.63, 3.8) is 0 Å². The molecule has 0 heterocycles. The standard InChI is InChI=1S/C15H12BrN3O2/c1-21-14-5-3-9(6-12(14)18)15(20)19-13-7-11(16)4-2-10(13)8-17/h2-7H,18H2,1H3,(H,19,20). The Bertz CT molecular complexity index is 738. The minimum absolute atomic E-state index is 0.348. The van der Waals surface area contributed by atoms with Crippen LogP contribution in [-0.2, 0) is 0 Å². The molecule has 1 amide bonds. The molecule has 0 bridgehead atoms. The number of benzene rings is 2. The van der Waals surface area contributed by atoms with Gasteiger partial charge in [-0.05, 0) is 36.4 Å². The van der Waals surface area contributed by atoms with Gasteiger partial charge in [0.1, 0.15) is 11.8 Å². The first-order valence-corrected chi connectivity index (χ1v) is 6.79. The first-order valence-electron chi connectivity index (χ1n) is 5.99. The van der Waals surface area contributed by atoms with Crippen molar-refractivity contribution < 1.29 is 9.53 Å². The summed E-state index contributed by atoms with van der Waals surface area (Å²) < 4.78 is 5.81. The minimum Gasteiger partial charge on any atom is -0.495 e. The lowest BCUT2D eigenvalue weighted by Gasteiger charge is -2.09. The van der Waals surface area contributed by atoms with Crippen molar-refractivity contribution >= 4 is 33.2 Å². The summed E-state index contributed by atoms with van der Waals surface area (Å²) in [6.07, 6.45) is 0. The van der Waals surface area contributed by atoms with Crippen molar-refractivity contribution in [2.24, 2.45) is 0 Å². The van der Waals surface area contributed by atoms with E-state index in [-0.39, 0.29) is 5.91 Å². The third-order valence-electron chi connectivity index (χ3n) is 2.84. The zero-order chi connectivity index (χ0) is 15.4. The molecule has 106 valence electrons. The highest BCUT2D eigenvalue weighted by molar-refractivity contribution is 9.10. The number of nitrogens with zero attached hydrogens (tertiary/aromatic N) is 1. The number of amides is 1. The summed E-state index contributed by atoms with van der Waals surface area (Å²) in [6.45, 7) is 0. The molecule has 2 aromatic rings. The maximum atomic E-state index is 12.2. The molecule has 0 spiro atoms. The van der Waals surface area contributed by atoms with Crippen LogP contribution in [-0.4, -0.2) is 13.0 Å². The zero-order valence-corrected chi connectivity index (χ0v) is 12.8. The Labute approximate surface area is 130 Å². The fourth-order valence-electron chi connectivity index (χ4n) is 1.79. The lowest BCUT2D eigenvalue weighted by atomic mass is 10.1. The van der Waals surface area contributed by atoms with Crippen LogP contribution in [0.2, 0.25) is 0 Å². The molecule has 0 saturated heterocycles. The summed E-state index contributed by atoms with van der Waals surface area (Å²) in [7, 11) is 1.51. The van der Waals surface area contributed by atoms with Gasteiger partial charge in [0.05, 0.1) is 24.0 Å². The maximum Gasteiger partial charge on any atom is 0.255 e. The van der Waals surface area contributed by atoms with E-state index in [0.717, 1.165) is 4.47 Å². The second kappa shape index (κ2) is 6.29. The van der Waals surface area contributed by atoms with Gasteiger partial charge in [-0.2, -0.15) is 5.26 Å². The van der Waals surface area contributed by atoms with Crippen molar-refractivity contribution in [3.8, 4) is 11.8 Å². The SMILES string of the molecule is COc1ccc(C(=O)Nc2cc(Br)ccc2C#N)cc1N. The number of hydrogen-bond donors (Lipinski definition) is 2. The maximum absolute atomic E-state index is 12.2. The van der Waals surface area contributed by atoms with Crippen molar-refractivity contribution in [1.29, 1.82) is 5.26 Å². The van der Waals surface area contributed by atoms with E-state index in [1.165, 1.54) is 13.2 Å². The van der Waals surface area contributed by atoms with Gasteiger partial charge in [0.2, 0.25) is 0 Å². The fourth-order valence-corrected chi connectivity index (χ4v) is 2.15. The van der Waals surface area contributed by atoms with Crippen molar-refractivity contribution in [2.75, 3.05) is 18.2 Å². The van der Waals surface area contributed by atoms with Gasteiger partial charge in [-0.15, -0.1) is 0 Å². The molecule has 0 fully saturated rings. The van der Waals surface area contributed by atoms with Gasteiger partial charge in [-0.25, -0.2) is 0 Å². The molecule has 6 heteroatoms. The predicted molar refractivity (Wildman–Crippen MR) is 84.2 cm³/mol. The molecule has 5 nitrogen and oxygen atoms in total. The first-order chi connectivity index (χ1) is 10.0. The molecule has 0 atom stereocenters. The highest BCUT2D eigenvalue weighted by atomic mass is 79.9. The van der Waals surface area contributed by atoms with Crippen LogP contribution in [0.25, 0.3) is 0 Å². The van der Waals surface area contributed by atoms with Crippen molar-refractivity contribution in [1.82, 2.24) is 0 Å². The molecule has 0 radical (unpaired) electrons. The molecule has 0 saturated carbocycles. The molecule has 0 aliphatic rings. The summed E-state index contributed by atoms with van der Waals surface area (Å²) in [6, 6.07) is 11.8. The number of hydrogen-bond acceptors (Lipinski definition) is 4. The Hall–Kier alpha value is -2.52. The van der Waals surface area contributed by atoms with Crippen LogP contribution >= 0.6 is 15.9 Å². The fraction of sp³-hybridized carbons (Fsp3) is 0.0667. The van der Waals surface area contributed by atoms with Crippen LogP contribution in [0.15, 0.2) is 40.9 Å². The molecule has 0 aliphatic carbocycles. The largest absolute Gasteiger partial charge is 0.495 e. The molecule has 3 N–H and O–H groups in total. The lowest BCUT2D eigenvalue weighted by molar-refractivity contribution is 0.102. The zero-order valence-electron chi connectivity index (χ0n) is 11.2. The summed E-state index contributed by atoms with van der Waals surface area (Å²) in [4.78, 5) is 12.2. The van der Waals surface area contributed by atoms with Gasteiger partial charge in [-0.1, -0.05) is 15.9 Å².